The number of aryl methyl sites for hydroxylation is 1. The van der Waals surface area contributed by atoms with Gasteiger partial charge in [0.15, 0.2) is 6.61 Å². The lowest BCUT2D eigenvalue weighted by atomic mass is 10.0. The Labute approximate surface area is 176 Å². The minimum Gasteiger partial charge on any atom is -0.483 e. The van der Waals surface area contributed by atoms with E-state index in [1.165, 1.54) is 7.11 Å². The van der Waals surface area contributed by atoms with Crippen LogP contribution in [0.25, 0.3) is 10.9 Å². The molecule has 0 radical (unpaired) electrons. The molecule has 0 saturated carbocycles. The number of esters is 1. The van der Waals surface area contributed by atoms with E-state index in [1.54, 1.807) is 0 Å². The second kappa shape index (κ2) is 9.48. The lowest BCUT2D eigenvalue weighted by Crippen LogP contribution is -2.44. The van der Waals surface area contributed by atoms with E-state index in [0.717, 1.165) is 27.6 Å². The lowest BCUT2D eigenvalue weighted by molar-refractivity contribution is -0.145. The lowest BCUT2D eigenvalue weighted by Gasteiger charge is -2.18. The first kappa shape index (κ1) is 21.4. The minimum absolute atomic E-state index is 0.176. The van der Waals surface area contributed by atoms with E-state index in [2.05, 4.69) is 24.1 Å². The van der Waals surface area contributed by atoms with Crippen LogP contribution < -0.4 is 10.1 Å². The molecule has 2 N–H and O–H groups in total. The largest absolute Gasteiger partial charge is 0.483 e. The monoisotopic (exact) mass is 408 g/mol. The number of ether oxygens (including phenoxy) is 2. The van der Waals surface area contributed by atoms with Gasteiger partial charge in [-0.05, 0) is 41.7 Å². The van der Waals surface area contributed by atoms with Crippen molar-refractivity contribution in [2.45, 2.75) is 39.2 Å². The standard InChI is InChI=1S/C24H28N2O4/c1-15(2)18-10-9-16(3)11-22(18)30-14-23(27)26-21(24(28)29-4)12-17-13-25-20-8-6-5-7-19(17)20/h5-11,13,15,21,25H,12,14H2,1-4H3,(H,26,27)/t21-/m1/s1. The van der Waals surface area contributed by atoms with Gasteiger partial charge in [0.1, 0.15) is 11.8 Å². The molecule has 0 saturated heterocycles. The van der Waals surface area contributed by atoms with Crippen molar-refractivity contribution in [3.05, 3.63) is 65.4 Å². The van der Waals surface area contributed by atoms with Crippen LogP contribution >= 0.6 is 0 Å². The summed E-state index contributed by atoms with van der Waals surface area (Å²) in [5.41, 5.74) is 4.01. The van der Waals surface area contributed by atoms with Gasteiger partial charge in [0, 0.05) is 23.5 Å². The van der Waals surface area contributed by atoms with Crippen molar-refractivity contribution in [2.75, 3.05) is 13.7 Å². The van der Waals surface area contributed by atoms with Crippen LogP contribution in [0.5, 0.6) is 5.75 Å². The highest BCUT2D eigenvalue weighted by Crippen LogP contribution is 2.27. The number of aromatic nitrogens is 1. The fourth-order valence-electron chi connectivity index (χ4n) is 3.48. The molecule has 30 heavy (non-hydrogen) atoms. The molecule has 0 aliphatic heterocycles. The molecule has 1 heterocycles. The number of H-pyrrole nitrogens is 1. The van der Waals surface area contributed by atoms with Crippen LogP contribution in [0.1, 0.15) is 36.5 Å². The molecule has 2 aromatic carbocycles. The highest BCUT2D eigenvalue weighted by Gasteiger charge is 2.23. The maximum Gasteiger partial charge on any atom is 0.328 e. The zero-order chi connectivity index (χ0) is 21.7. The predicted molar refractivity (Wildman–Crippen MR) is 117 cm³/mol. The Hall–Kier alpha value is -3.28. The van der Waals surface area contributed by atoms with Crippen molar-refractivity contribution in [2.24, 2.45) is 0 Å². The second-order valence-corrected chi connectivity index (χ2v) is 7.69. The van der Waals surface area contributed by atoms with Gasteiger partial charge >= 0.3 is 5.97 Å². The Morgan fingerprint density at radius 2 is 1.90 bits per heavy atom. The average molecular weight is 408 g/mol. The Morgan fingerprint density at radius 1 is 1.13 bits per heavy atom. The first-order valence-electron chi connectivity index (χ1n) is 10.0. The molecule has 0 aliphatic carbocycles. The van der Waals surface area contributed by atoms with Gasteiger partial charge in [-0.2, -0.15) is 0 Å². The fraction of sp³-hybridized carbons (Fsp3) is 0.333. The predicted octanol–water partition coefficient (Wildman–Crippen LogP) is 3.88. The van der Waals surface area contributed by atoms with Crippen LogP contribution in [0, 0.1) is 6.92 Å². The molecule has 1 amide bonds. The number of methoxy groups -OCH3 is 1. The maximum atomic E-state index is 12.6. The number of hydrogen-bond acceptors (Lipinski definition) is 4. The highest BCUT2D eigenvalue weighted by atomic mass is 16.5. The van der Waals surface area contributed by atoms with Gasteiger partial charge in [-0.1, -0.05) is 44.2 Å². The summed E-state index contributed by atoms with van der Waals surface area (Å²) in [6.07, 6.45) is 2.18. The number of carbonyl (C=O) groups excluding carboxylic acids is 2. The number of nitrogens with one attached hydrogen (secondary N) is 2. The van der Waals surface area contributed by atoms with Gasteiger partial charge in [-0.15, -0.1) is 0 Å². The molecule has 0 unspecified atom stereocenters. The van der Waals surface area contributed by atoms with E-state index in [4.69, 9.17) is 9.47 Å². The maximum absolute atomic E-state index is 12.6. The summed E-state index contributed by atoms with van der Waals surface area (Å²) in [5, 5.41) is 3.76. The zero-order valence-electron chi connectivity index (χ0n) is 17.8. The molecule has 6 heteroatoms. The van der Waals surface area contributed by atoms with E-state index in [0.29, 0.717) is 12.2 Å². The van der Waals surface area contributed by atoms with Crippen molar-refractivity contribution in [3.63, 3.8) is 0 Å². The summed E-state index contributed by atoms with van der Waals surface area (Å²) in [6.45, 7) is 5.95. The number of para-hydroxylation sites is 1. The Kier molecular flexibility index (Phi) is 6.77. The molecule has 158 valence electrons. The normalized spacial score (nSPS) is 12.0. The van der Waals surface area contributed by atoms with Gasteiger partial charge in [0.2, 0.25) is 0 Å². The SMILES string of the molecule is COC(=O)[C@@H](Cc1c[nH]c2ccccc12)NC(=O)COc1cc(C)ccc1C(C)C. The Morgan fingerprint density at radius 3 is 2.63 bits per heavy atom. The summed E-state index contributed by atoms with van der Waals surface area (Å²) in [4.78, 5) is 28.0. The van der Waals surface area contributed by atoms with E-state index >= 15 is 0 Å². The molecule has 1 aromatic heterocycles. The summed E-state index contributed by atoms with van der Waals surface area (Å²) >= 11 is 0. The van der Waals surface area contributed by atoms with Gasteiger partial charge < -0.3 is 19.8 Å². The fourth-order valence-corrected chi connectivity index (χ4v) is 3.48. The summed E-state index contributed by atoms with van der Waals surface area (Å²) < 4.78 is 10.7. The van der Waals surface area contributed by atoms with Crippen molar-refractivity contribution in [1.29, 1.82) is 0 Å². The number of aromatic amines is 1. The molecule has 3 aromatic rings. The topological polar surface area (TPSA) is 80.4 Å². The van der Waals surface area contributed by atoms with Crippen molar-refractivity contribution in [3.8, 4) is 5.75 Å². The Bertz CT molecular complexity index is 1040. The summed E-state index contributed by atoms with van der Waals surface area (Å²) in [6, 6.07) is 13.0. The molecule has 0 aliphatic rings. The first-order chi connectivity index (χ1) is 14.4. The third-order valence-electron chi connectivity index (χ3n) is 5.07. The van der Waals surface area contributed by atoms with Crippen LogP contribution in [0.2, 0.25) is 0 Å². The van der Waals surface area contributed by atoms with E-state index < -0.39 is 12.0 Å². The van der Waals surface area contributed by atoms with Gasteiger partial charge in [0.05, 0.1) is 7.11 Å². The number of hydrogen-bond donors (Lipinski definition) is 2. The number of amides is 1. The summed E-state index contributed by atoms with van der Waals surface area (Å²) in [7, 11) is 1.31. The molecule has 3 rings (SSSR count). The molecule has 0 spiro atoms. The second-order valence-electron chi connectivity index (χ2n) is 7.69. The molecular formula is C24H28N2O4. The van der Waals surface area contributed by atoms with Gasteiger partial charge in [0.25, 0.3) is 5.91 Å². The number of benzene rings is 2. The van der Waals surface area contributed by atoms with Gasteiger partial charge in [-0.25, -0.2) is 4.79 Å². The number of carbonyl (C=O) groups is 2. The van der Waals surface area contributed by atoms with Crippen LogP contribution in [0.3, 0.4) is 0 Å². The van der Waals surface area contributed by atoms with Crippen LogP contribution in [0.4, 0.5) is 0 Å². The van der Waals surface area contributed by atoms with Crippen LogP contribution in [-0.4, -0.2) is 36.6 Å². The van der Waals surface area contributed by atoms with E-state index in [1.807, 2.05) is 55.6 Å². The van der Waals surface area contributed by atoms with E-state index in [9.17, 15) is 9.59 Å². The quantitative estimate of drug-likeness (QED) is 0.555. The van der Waals surface area contributed by atoms with Gasteiger partial charge in [-0.3, -0.25) is 4.79 Å². The number of fused-ring (bicyclic) bond motifs is 1. The highest BCUT2D eigenvalue weighted by molar-refractivity contribution is 5.87. The van der Waals surface area contributed by atoms with Crippen molar-refractivity contribution in [1.82, 2.24) is 10.3 Å². The third kappa shape index (κ3) is 5.00. The smallest absolute Gasteiger partial charge is 0.328 e. The molecule has 6 nitrogen and oxygen atoms in total. The molecule has 1 atom stereocenters. The van der Waals surface area contributed by atoms with Crippen LogP contribution in [-0.2, 0) is 20.7 Å². The molecular weight excluding hydrogens is 380 g/mol. The average Bonchev–Trinajstić information content (AvgIpc) is 3.14. The molecule has 0 bridgehead atoms. The van der Waals surface area contributed by atoms with Crippen molar-refractivity contribution >= 4 is 22.8 Å². The zero-order valence-corrected chi connectivity index (χ0v) is 17.8. The van der Waals surface area contributed by atoms with Crippen LogP contribution in [0.15, 0.2) is 48.7 Å². The van der Waals surface area contributed by atoms with E-state index in [-0.39, 0.29) is 18.4 Å². The first-order valence-corrected chi connectivity index (χ1v) is 10.0. The Balaban J connectivity index is 1.69. The third-order valence-corrected chi connectivity index (χ3v) is 5.07. The summed E-state index contributed by atoms with van der Waals surface area (Å²) in [5.74, 6) is 0.0910. The van der Waals surface area contributed by atoms with Crippen molar-refractivity contribution < 1.29 is 19.1 Å². The number of rotatable bonds is 8. The molecule has 0 fully saturated rings. The minimum atomic E-state index is -0.799.